The van der Waals surface area contributed by atoms with Gasteiger partial charge in [-0.1, -0.05) is 53.0 Å². The second-order valence-electron chi connectivity index (χ2n) is 6.87. The van der Waals surface area contributed by atoms with Crippen LogP contribution in [0.15, 0.2) is 54.6 Å². The maximum absolute atomic E-state index is 14.0. The summed E-state index contributed by atoms with van der Waals surface area (Å²) in [5, 5.41) is 5.03. The molecule has 0 fully saturated rings. The fourth-order valence-electron chi connectivity index (χ4n) is 3.05. The average Bonchev–Trinajstić information content (AvgIpc) is 2.73. The smallest absolute Gasteiger partial charge is 0.161 e. The molecule has 0 aliphatic carbocycles. The van der Waals surface area contributed by atoms with Gasteiger partial charge in [-0.15, -0.1) is 0 Å². The summed E-state index contributed by atoms with van der Waals surface area (Å²) in [6, 6.07) is 15.8. The molecule has 0 spiro atoms. The highest BCUT2D eigenvalue weighted by molar-refractivity contribution is 6.35. The third kappa shape index (κ3) is 6.75. The Labute approximate surface area is 197 Å². The minimum Gasteiger partial charge on any atom is -0.490 e. The summed E-state index contributed by atoms with van der Waals surface area (Å²) < 4.78 is 25.5. The van der Waals surface area contributed by atoms with Gasteiger partial charge < -0.3 is 14.8 Å². The zero-order valence-corrected chi connectivity index (χ0v) is 19.3. The maximum atomic E-state index is 14.0. The Bertz CT molecular complexity index is 1010. The Morgan fingerprint density at radius 2 is 1.74 bits per heavy atom. The Morgan fingerprint density at radius 1 is 0.903 bits per heavy atom. The topological polar surface area (TPSA) is 30.5 Å². The van der Waals surface area contributed by atoms with E-state index in [4.69, 9.17) is 44.3 Å². The van der Waals surface area contributed by atoms with Crippen molar-refractivity contribution in [1.29, 1.82) is 0 Å². The number of benzene rings is 3. The molecule has 31 heavy (non-hydrogen) atoms. The van der Waals surface area contributed by atoms with Crippen LogP contribution in [0, 0.1) is 5.82 Å². The fraction of sp³-hybridized carbons (Fsp3) is 0.250. The van der Waals surface area contributed by atoms with E-state index in [0.717, 1.165) is 24.1 Å². The van der Waals surface area contributed by atoms with Crippen LogP contribution in [0.2, 0.25) is 15.1 Å². The predicted octanol–water partition coefficient (Wildman–Crippen LogP) is 7.10. The lowest BCUT2D eigenvalue weighted by Gasteiger charge is -2.15. The lowest BCUT2D eigenvalue weighted by atomic mass is 10.1. The van der Waals surface area contributed by atoms with Gasteiger partial charge in [-0.2, -0.15) is 0 Å². The van der Waals surface area contributed by atoms with E-state index in [1.165, 1.54) is 6.07 Å². The molecule has 0 aromatic heterocycles. The monoisotopic (exact) mass is 481 g/mol. The van der Waals surface area contributed by atoms with Gasteiger partial charge in [-0.05, 0) is 67.4 Å². The van der Waals surface area contributed by atoms with Crippen molar-refractivity contribution in [3.8, 4) is 11.5 Å². The Morgan fingerprint density at radius 3 is 2.48 bits per heavy atom. The highest BCUT2D eigenvalue weighted by atomic mass is 35.5. The fourth-order valence-corrected chi connectivity index (χ4v) is 3.77. The second-order valence-corrected chi connectivity index (χ2v) is 8.12. The van der Waals surface area contributed by atoms with Gasteiger partial charge in [0, 0.05) is 22.2 Å². The number of hydrogen-bond acceptors (Lipinski definition) is 3. The molecule has 0 saturated carbocycles. The SMILES string of the molecule is CCOc1cc(CNCCc2ccc(Cl)cc2Cl)ccc1OCc1c(F)cccc1Cl. The molecule has 3 nitrogen and oxygen atoms in total. The molecule has 0 aliphatic heterocycles. The summed E-state index contributed by atoms with van der Waals surface area (Å²) in [5.74, 6) is 0.750. The minimum atomic E-state index is -0.396. The van der Waals surface area contributed by atoms with Gasteiger partial charge >= 0.3 is 0 Å². The van der Waals surface area contributed by atoms with Crippen LogP contribution in [0.4, 0.5) is 4.39 Å². The van der Waals surface area contributed by atoms with E-state index in [0.29, 0.717) is 45.3 Å². The molecule has 3 aromatic rings. The van der Waals surface area contributed by atoms with Gasteiger partial charge in [-0.3, -0.25) is 0 Å². The van der Waals surface area contributed by atoms with Gasteiger partial charge in [0.2, 0.25) is 0 Å². The van der Waals surface area contributed by atoms with Gasteiger partial charge in [0.05, 0.1) is 11.6 Å². The van der Waals surface area contributed by atoms with E-state index in [1.807, 2.05) is 37.3 Å². The highest BCUT2D eigenvalue weighted by Crippen LogP contribution is 2.30. The van der Waals surface area contributed by atoms with Crippen molar-refractivity contribution in [3.63, 3.8) is 0 Å². The quantitative estimate of drug-likeness (QED) is 0.313. The standard InChI is InChI=1S/C24H23Cl3FNO2/c1-2-30-24-12-16(14-29-11-10-17-7-8-18(25)13-21(17)27)6-9-23(24)31-15-19-20(26)4-3-5-22(19)28/h3-9,12-13,29H,2,10-11,14-15H2,1H3. The lowest BCUT2D eigenvalue weighted by molar-refractivity contribution is 0.265. The summed E-state index contributed by atoms with van der Waals surface area (Å²) in [5.41, 5.74) is 2.41. The molecule has 0 heterocycles. The van der Waals surface area contributed by atoms with Gasteiger partial charge in [0.15, 0.2) is 11.5 Å². The zero-order chi connectivity index (χ0) is 22.2. The molecule has 164 valence electrons. The van der Waals surface area contributed by atoms with Crippen LogP contribution in [0.1, 0.15) is 23.6 Å². The van der Waals surface area contributed by atoms with Crippen LogP contribution in [0.3, 0.4) is 0 Å². The molecule has 0 unspecified atom stereocenters. The molecule has 0 radical (unpaired) electrons. The van der Waals surface area contributed by atoms with E-state index in [1.54, 1.807) is 18.2 Å². The second kappa shape index (κ2) is 11.6. The maximum Gasteiger partial charge on any atom is 0.161 e. The molecule has 3 aromatic carbocycles. The van der Waals surface area contributed by atoms with Gasteiger partial charge in [0.25, 0.3) is 0 Å². The van der Waals surface area contributed by atoms with E-state index < -0.39 is 5.82 Å². The van der Waals surface area contributed by atoms with Crippen LogP contribution in [0.5, 0.6) is 11.5 Å². The molecule has 0 amide bonds. The van der Waals surface area contributed by atoms with E-state index in [9.17, 15) is 4.39 Å². The molecule has 0 bridgehead atoms. The summed E-state index contributed by atoms with van der Waals surface area (Å²) >= 11 is 18.2. The summed E-state index contributed by atoms with van der Waals surface area (Å²) in [7, 11) is 0. The molecule has 0 atom stereocenters. The number of rotatable bonds is 10. The lowest BCUT2D eigenvalue weighted by Crippen LogP contribution is -2.17. The van der Waals surface area contributed by atoms with Crippen LogP contribution >= 0.6 is 34.8 Å². The Balaban J connectivity index is 1.59. The molecule has 0 aliphatic rings. The molecule has 7 heteroatoms. The number of nitrogens with one attached hydrogen (secondary N) is 1. The van der Waals surface area contributed by atoms with E-state index in [2.05, 4.69) is 5.32 Å². The minimum absolute atomic E-state index is 0.0189. The molecule has 1 N–H and O–H groups in total. The van der Waals surface area contributed by atoms with Crippen molar-refractivity contribution in [1.82, 2.24) is 5.32 Å². The largest absolute Gasteiger partial charge is 0.490 e. The zero-order valence-electron chi connectivity index (χ0n) is 17.1. The van der Waals surface area contributed by atoms with E-state index >= 15 is 0 Å². The summed E-state index contributed by atoms with van der Waals surface area (Å²) in [6.07, 6.45) is 0.791. The summed E-state index contributed by atoms with van der Waals surface area (Å²) in [4.78, 5) is 0. The molecule has 3 rings (SSSR count). The van der Waals surface area contributed by atoms with Crippen molar-refractivity contribution < 1.29 is 13.9 Å². The first-order valence-electron chi connectivity index (χ1n) is 9.94. The van der Waals surface area contributed by atoms with Crippen LogP contribution < -0.4 is 14.8 Å². The van der Waals surface area contributed by atoms with Crippen LogP contribution in [0.25, 0.3) is 0 Å². The third-order valence-corrected chi connectivity index (χ3v) is 5.60. The van der Waals surface area contributed by atoms with Crippen LogP contribution in [-0.2, 0) is 19.6 Å². The first-order valence-corrected chi connectivity index (χ1v) is 11.1. The molecular formula is C24H23Cl3FNO2. The molecule has 0 saturated heterocycles. The first-order chi connectivity index (χ1) is 15.0. The van der Waals surface area contributed by atoms with Crippen molar-refractivity contribution in [2.45, 2.75) is 26.5 Å². The number of ether oxygens (including phenoxy) is 2. The Kier molecular flexibility index (Phi) is 8.85. The average molecular weight is 483 g/mol. The first kappa shape index (κ1) is 23.7. The predicted molar refractivity (Wildman–Crippen MR) is 125 cm³/mol. The van der Waals surface area contributed by atoms with Crippen molar-refractivity contribution in [2.24, 2.45) is 0 Å². The van der Waals surface area contributed by atoms with Gasteiger partial charge in [0.1, 0.15) is 12.4 Å². The number of hydrogen-bond donors (Lipinski definition) is 1. The number of halogens is 4. The summed E-state index contributed by atoms with van der Waals surface area (Å²) in [6.45, 7) is 3.83. The highest BCUT2D eigenvalue weighted by Gasteiger charge is 2.11. The normalized spacial score (nSPS) is 10.9. The van der Waals surface area contributed by atoms with Crippen LogP contribution in [-0.4, -0.2) is 13.2 Å². The molecular weight excluding hydrogens is 460 g/mol. The van der Waals surface area contributed by atoms with Crippen molar-refractivity contribution in [2.75, 3.05) is 13.2 Å². The van der Waals surface area contributed by atoms with Gasteiger partial charge in [-0.25, -0.2) is 4.39 Å². The van der Waals surface area contributed by atoms with Crippen molar-refractivity contribution in [3.05, 3.63) is 92.2 Å². The van der Waals surface area contributed by atoms with E-state index in [-0.39, 0.29) is 6.61 Å². The third-order valence-electron chi connectivity index (χ3n) is 4.66. The van der Waals surface area contributed by atoms with Crippen molar-refractivity contribution >= 4 is 34.8 Å². The Hall–Kier alpha value is -1.98.